The van der Waals surface area contributed by atoms with E-state index in [0.29, 0.717) is 25.1 Å². The molecule has 2 unspecified atom stereocenters. The summed E-state index contributed by atoms with van der Waals surface area (Å²) in [6.07, 6.45) is 1.93. The zero-order chi connectivity index (χ0) is 15.5. The average molecular weight is 295 g/mol. The number of likely N-dealkylation sites (N-methyl/N-ethyl adjacent to an activating group) is 1. The van der Waals surface area contributed by atoms with Crippen LogP contribution in [0.1, 0.15) is 31.7 Å². The van der Waals surface area contributed by atoms with Gasteiger partial charge in [-0.1, -0.05) is 6.92 Å². The largest absolute Gasteiger partial charge is 0.490 e. The lowest BCUT2D eigenvalue weighted by atomic mass is 9.97. The first kappa shape index (κ1) is 15.8. The summed E-state index contributed by atoms with van der Waals surface area (Å²) in [6, 6.07) is 4.47. The molecular weight excluding hydrogens is 273 g/mol. The van der Waals surface area contributed by atoms with E-state index < -0.39 is 5.54 Å². The molecule has 0 radical (unpaired) electrons. The second-order valence-electron chi connectivity index (χ2n) is 5.50. The fourth-order valence-corrected chi connectivity index (χ4v) is 2.98. The summed E-state index contributed by atoms with van der Waals surface area (Å²) < 4.78 is 24.0. The molecule has 0 aliphatic heterocycles. The maximum Gasteiger partial charge on any atom is 0.326 e. The number of hydrogen-bond acceptors (Lipinski definition) is 4. The Kier molecular flexibility index (Phi) is 4.83. The zero-order valence-electron chi connectivity index (χ0n) is 12.7. The van der Waals surface area contributed by atoms with Crippen LogP contribution in [0.4, 0.5) is 4.39 Å². The fraction of sp³-hybridized carbons (Fsp3) is 0.562. The first-order chi connectivity index (χ1) is 10.0. The van der Waals surface area contributed by atoms with E-state index in [9.17, 15) is 9.18 Å². The Morgan fingerprint density at radius 3 is 2.90 bits per heavy atom. The van der Waals surface area contributed by atoms with Crippen LogP contribution in [-0.4, -0.2) is 31.3 Å². The third-order valence-electron chi connectivity index (χ3n) is 3.99. The van der Waals surface area contributed by atoms with E-state index in [0.717, 1.165) is 12.0 Å². The highest BCUT2D eigenvalue weighted by molar-refractivity contribution is 5.81. The van der Waals surface area contributed by atoms with E-state index >= 15 is 0 Å². The molecule has 0 saturated heterocycles. The molecule has 1 fully saturated rings. The molecule has 2 atom stereocenters. The topological polar surface area (TPSA) is 47.6 Å². The highest BCUT2D eigenvalue weighted by Gasteiger charge is 2.46. The number of aryl methyl sites for hydroxylation is 1. The molecule has 0 amide bonds. The number of methoxy groups -OCH3 is 1. The number of benzene rings is 1. The minimum Gasteiger partial charge on any atom is -0.490 e. The van der Waals surface area contributed by atoms with Gasteiger partial charge in [-0.3, -0.25) is 4.79 Å². The lowest BCUT2D eigenvalue weighted by Gasteiger charge is -2.27. The number of hydrogen-bond donors (Lipinski definition) is 1. The molecule has 1 aliphatic rings. The molecule has 1 aromatic carbocycles. The number of ether oxygens (including phenoxy) is 2. The Hall–Kier alpha value is -1.62. The van der Waals surface area contributed by atoms with Crippen molar-refractivity contribution in [1.29, 1.82) is 0 Å². The van der Waals surface area contributed by atoms with Crippen molar-refractivity contribution in [2.45, 2.75) is 44.8 Å². The van der Waals surface area contributed by atoms with Crippen molar-refractivity contribution in [3.63, 3.8) is 0 Å². The number of rotatable bonds is 5. The Balaban J connectivity index is 2.08. The number of esters is 1. The molecule has 1 aromatic rings. The van der Waals surface area contributed by atoms with Crippen LogP contribution in [0, 0.1) is 12.7 Å². The molecular formula is C16H22FNO3. The van der Waals surface area contributed by atoms with Crippen molar-refractivity contribution in [3.8, 4) is 5.75 Å². The highest BCUT2D eigenvalue weighted by atomic mass is 19.1. The van der Waals surface area contributed by atoms with Gasteiger partial charge in [-0.2, -0.15) is 0 Å². The first-order valence-electron chi connectivity index (χ1n) is 7.27. The van der Waals surface area contributed by atoms with E-state index in [1.807, 2.05) is 13.8 Å². The van der Waals surface area contributed by atoms with Crippen LogP contribution in [0.5, 0.6) is 5.75 Å². The normalized spacial score (nSPS) is 24.9. The minimum absolute atomic E-state index is 0.0766. The Bertz CT molecular complexity index is 520. The predicted molar refractivity (Wildman–Crippen MR) is 77.8 cm³/mol. The highest BCUT2D eigenvalue weighted by Crippen LogP contribution is 2.34. The third kappa shape index (κ3) is 3.35. The second-order valence-corrected chi connectivity index (χ2v) is 5.50. The van der Waals surface area contributed by atoms with Gasteiger partial charge in [-0.25, -0.2) is 4.39 Å². The van der Waals surface area contributed by atoms with Gasteiger partial charge in [0.05, 0.1) is 7.11 Å². The number of nitrogens with one attached hydrogen (secondary N) is 1. The van der Waals surface area contributed by atoms with E-state index in [1.165, 1.54) is 19.2 Å². The molecule has 116 valence electrons. The van der Waals surface area contributed by atoms with E-state index in [1.54, 1.807) is 6.07 Å². The minimum atomic E-state index is -0.665. The smallest absolute Gasteiger partial charge is 0.326 e. The molecule has 21 heavy (non-hydrogen) atoms. The maximum atomic E-state index is 13.1. The summed E-state index contributed by atoms with van der Waals surface area (Å²) in [5.74, 6) is 0.146. The lowest BCUT2D eigenvalue weighted by Crippen LogP contribution is -2.51. The van der Waals surface area contributed by atoms with Crippen LogP contribution in [0.3, 0.4) is 0 Å². The van der Waals surface area contributed by atoms with Gasteiger partial charge >= 0.3 is 5.97 Å². The van der Waals surface area contributed by atoms with E-state index in [4.69, 9.17) is 9.47 Å². The van der Waals surface area contributed by atoms with Crippen molar-refractivity contribution in [2.24, 2.45) is 0 Å². The molecule has 4 nitrogen and oxygen atoms in total. The fourth-order valence-electron chi connectivity index (χ4n) is 2.98. The SMILES string of the molecule is CCNC1(C(=O)OC)CCC(Oc2ccc(F)cc2C)C1. The molecule has 0 spiro atoms. The first-order valence-corrected chi connectivity index (χ1v) is 7.27. The van der Waals surface area contributed by atoms with Crippen LogP contribution in [0.15, 0.2) is 18.2 Å². The van der Waals surface area contributed by atoms with Gasteiger partial charge < -0.3 is 14.8 Å². The van der Waals surface area contributed by atoms with Gasteiger partial charge in [0.1, 0.15) is 23.2 Å². The zero-order valence-corrected chi connectivity index (χ0v) is 12.7. The summed E-state index contributed by atoms with van der Waals surface area (Å²) in [4.78, 5) is 12.0. The third-order valence-corrected chi connectivity index (χ3v) is 3.99. The Morgan fingerprint density at radius 1 is 1.52 bits per heavy atom. The summed E-state index contributed by atoms with van der Waals surface area (Å²) in [5.41, 5.74) is 0.0938. The second kappa shape index (κ2) is 6.43. The number of carbonyl (C=O) groups excluding carboxylic acids is 1. The van der Waals surface area contributed by atoms with Gasteiger partial charge in [0.2, 0.25) is 0 Å². The quantitative estimate of drug-likeness (QED) is 0.848. The van der Waals surface area contributed by atoms with E-state index in [-0.39, 0.29) is 17.9 Å². The van der Waals surface area contributed by atoms with Gasteiger partial charge in [0.25, 0.3) is 0 Å². The van der Waals surface area contributed by atoms with Crippen molar-refractivity contribution in [1.82, 2.24) is 5.32 Å². The lowest BCUT2D eigenvalue weighted by molar-refractivity contribution is -0.148. The molecule has 1 saturated carbocycles. The monoisotopic (exact) mass is 295 g/mol. The van der Waals surface area contributed by atoms with Crippen LogP contribution >= 0.6 is 0 Å². The Morgan fingerprint density at radius 2 is 2.29 bits per heavy atom. The molecule has 0 aromatic heterocycles. The van der Waals surface area contributed by atoms with Gasteiger partial charge in [0, 0.05) is 6.42 Å². The molecule has 0 bridgehead atoms. The van der Waals surface area contributed by atoms with E-state index in [2.05, 4.69) is 5.32 Å². The molecule has 1 N–H and O–H groups in total. The van der Waals surface area contributed by atoms with Gasteiger partial charge in [-0.05, 0) is 50.1 Å². The van der Waals surface area contributed by atoms with Gasteiger partial charge in [0.15, 0.2) is 0 Å². The van der Waals surface area contributed by atoms with Crippen LogP contribution in [0.25, 0.3) is 0 Å². The molecule has 2 rings (SSSR count). The molecule has 0 heterocycles. The van der Waals surface area contributed by atoms with Crippen LogP contribution in [-0.2, 0) is 9.53 Å². The number of halogens is 1. The van der Waals surface area contributed by atoms with Crippen molar-refractivity contribution in [3.05, 3.63) is 29.6 Å². The van der Waals surface area contributed by atoms with Crippen molar-refractivity contribution < 1.29 is 18.7 Å². The molecule has 5 heteroatoms. The predicted octanol–water partition coefficient (Wildman–Crippen LogP) is 2.59. The van der Waals surface area contributed by atoms with Crippen molar-refractivity contribution >= 4 is 5.97 Å². The summed E-state index contributed by atoms with van der Waals surface area (Å²) in [6.45, 7) is 4.46. The summed E-state index contributed by atoms with van der Waals surface area (Å²) in [5, 5.41) is 3.23. The van der Waals surface area contributed by atoms with Crippen LogP contribution in [0.2, 0.25) is 0 Å². The summed E-state index contributed by atoms with van der Waals surface area (Å²) >= 11 is 0. The Labute approximate surface area is 124 Å². The van der Waals surface area contributed by atoms with Crippen molar-refractivity contribution in [2.75, 3.05) is 13.7 Å². The van der Waals surface area contributed by atoms with Gasteiger partial charge in [-0.15, -0.1) is 0 Å². The summed E-state index contributed by atoms with van der Waals surface area (Å²) in [7, 11) is 1.40. The maximum absolute atomic E-state index is 13.1. The number of carbonyl (C=O) groups is 1. The average Bonchev–Trinajstić information content (AvgIpc) is 2.86. The molecule has 1 aliphatic carbocycles. The van der Waals surface area contributed by atoms with Crippen LogP contribution < -0.4 is 10.1 Å². The standard InChI is InChI=1S/C16H22FNO3/c1-4-18-16(15(19)20-3)8-7-13(10-16)21-14-6-5-12(17)9-11(14)2/h5-6,9,13,18H,4,7-8,10H2,1-3H3.